The number of aliphatic imine (C=N–C) groups is 1. The molecule has 2 saturated heterocycles. The van der Waals surface area contributed by atoms with Crippen molar-refractivity contribution >= 4 is 40.2 Å². The fourth-order valence-corrected chi connectivity index (χ4v) is 6.51. The van der Waals surface area contributed by atoms with Gasteiger partial charge in [0.25, 0.3) is 5.56 Å². The number of piperidine rings is 1. The number of ether oxygens (including phenoxy) is 2. The Morgan fingerprint density at radius 2 is 1.88 bits per heavy atom. The van der Waals surface area contributed by atoms with Gasteiger partial charge in [0.1, 0.15) is 5.65 Å². The van der Waals surface area contributed by atoms with Gasteiger partial charge in [0.05, 0.1) is 12.3 Å². The summed E-state index contributed by atoms with van der Waals surface area (Å²) in [5.41, 5.74) is 3.56. The van der Waals surface area contributed by atoms with E-state index in [1.807, 2.05) is 42.0 Å². The highest BCUT2D eigenvalue weighted by atomic mass is 35.5. The van der Waals surface area contributed by atoms with Crippen molar-refractivity contribution in [1.29, 1.82) is 0 Å². The summed E-state index contributed by atoms with van der Waals surface area (Å²) in [5, 5.41) is 4.80. The highest BCUT2D eigenvalue weighted by molar-refractivity contribution is 6.33. The molecular formula is C33H41ClN6O3. The first-order valence-electron chi connectivity index (χ1n) is 15.6. The Labute approximate surface area is 258 Å². The molecule has 3 aliphatic rings. The third-order valence-corrected chi connectivity index (χ3v) is 9.12. The van der Waals surface area contributed by atoms with Crippen LogP contribution in [0.5, 0.6) is 0 Å². The molecule has 10 heteroatoms. The monoisotopic (exact) mass is 604 g/mol. The van der Waals surface area contributed by atoms with Crippen LogP contribution in [0.4, 0.5) is 5.95 Å². The van der Waals surface area contributed by atoms with Crippen LogP contribution in [0.3, 0.4) is 0 Å². The van der Waals surface area contributed by atoms with Crippen molar-refractivity contribution < 1.29 is 9.47 Å². The number of fused-ring (bicyclic) bond motifs is 1. The number of allylic oxidation sites excluding steroid dienone is 1. The summed E-state index contributed by atoms with van der Waals surface area (Å²) in [6.45, 7) is 9.97. The van der Waals surface area contributed by atoms with Crippen LogP contribution in [0, 0.1) is 5.92 Å². The molecule has 0 amide bonds. The zero-order chi connectivity index (χ0) is 29.8. The van der Waals surface area contributed by atoms with Gasteiger partial charge in [0.2, 0.25) is 5.95 Å². The van der Waals surface area contributed by atoms with E-state index >= 15 is 0 Å². The van der Waals surface area contributed by atoms with E-state index in [1.54, 1.807) is 0 Å². The topological polar surface area (TPSA) is 93.9 Å². The maximum atomic E-state index is 14.3. The number of halogens is 1. The van der Waals surface area contributed by atoms with Crippen molar-refractivity contribution in [3.05, 3.63) is 57.5 Å². The maximum absolute atomic E-state index is 14.3. The van der Waals surface area contributed by atoms with Crippen LogP contribution in [0.15, 0.2) is 46.3 Å². The van der Waals surface area contributed by atoms with Crippen LogP contribution < -0.4 is 10.9 Å². The molecule has 3 aliphatic heterocycles. The van der Waals surface area contributed by atoms with E-state index in [0.29, 0.717) is 52.7 Å². The summed E-state index contributed by atoms with van der Waals surface area (Å²) >= 11 is 6.91. The minimum absolute atomic E-state index is 0.0803. The van der Waals surface area contributed by atoms with E-state index in [4.69, 9.17) is 26.1 Å². The Bertz CT molecular complexity index is 1570. The number of anilines is 1. The van der Waals surface area contributed by atoms with Crippen molar-refractivity contribution in [3.63, 3.8) is 0 Å². The van der Waals surface area contributed by atoms with Gasteiger partial charge < -0.3 is 19.7 Å². The van der Waals surface area contributed by atoms with Crippen LogP contribution >= 0.6 is 11.6 Å². The third-order valence-electron chi connectivity index (χ3n) is 8.81. The van der Waals surface area contributed by atoms with Gasteiger partial charge in [-0.1, -0.05) is 36.7 Å². The average molecular weight is 605 g/mol. The van der Waals surface area contributed by atoms with E-state index in [0.717, 1.165) is 88.0 Å². The quantitative estimate of drug-likeness (QED) is 0.353. The van der Waals surface area contributed by atoms with Crippen LogP contribution in [0.25, 0.3) is 27.9 Å². The molecule has 2 fully saturated rings. The minimum Gasteiger partial charge on any atom is -0.481 e. The van der Waals surface area contributed by atoms with Crippen LogP contribution in [-0.2, 0) is 16.0 Å². The number of nitrogens with one attached hydrogen (secondary N) is 1. The van der Waals surface area contributed by atoms with Gasteiger partial charge in [-0.25, -0.2) is 9.98 Å². The second kappa shape index (κ2) is 13.6. The molecule has 2 aromatic heterocycles. The average Bonchev–Trinajstić information content (AvgIpc) is 3.01. The first-order valence-corrected chi connectivity index (χ1v) is 16.0. The van der Waals surface area contributed by atoms with E-state index < -0.39 is 0 Å². The molecule has 1 N–H and O–H groups in total. The Balaban J connectivity index is 1.38. The van der Waals surface area contributed by atoms with E-state index in [2.05, 4.69) is 33.2 Å². The predicted octanol–water partition coefficient (Wildman–Crippen LogP) is 6.00. The lowest BCUT2D eigenvalue weighted by Gasteiger charge is -2.31. The highest BCUT2D eigenvalue weighted by Crippen LogP contribution is 2.32. The lowest BCUT2D eigenvalue weighted by molar-refractivity contribution is 0.0903. The summed E-state index contributed by atoms with van der Waals surface area (Å²) in [7, 11) is 0. The van der Waals surface area contributed by atoms with Crippen molar-refractivity contribution in [2.24, 2.45) is 10.9 Å². The molecular weight excluding hydrogens is 564 g/mol. The molecule has 0 saturated carbocycles. The first-order chi connectivity index (χ1) is 21.0. The molecule has 0 atom stereocenters. The van der Waals surface area contributed by atoms with Gasteiger partial charge >= 0.3 is 0 Å². The predicted molar refractivity (Wildman–Crippen MR) is 173 cm³/mol. The number of hydrogen-bond acceptors (Lipinski definition) is 8. The molecule has 0 aliphatic carbocycles. The Kier molecular flexibility index (Phi) is 9.40. The number of aromatic nitrogens is 3. The van der Waals surface area contributed by atoms with Crippen molar-refractivity contribution in [3.8, 4) is 11.1 Å². The summed E-state index contributed by atoms with van der Waals surface area (Å²) in [4.78, 5) is 31.0. The number of benzene rings is 1. The molecule has 5 heterocycles. The van der Waals surface area contributed by atoms with Crippen molar-refractivity contribution in [1.82, 2.24) is 19.4 Å². The Morgan fingerprint density at radius 3 is 2.65 bits per heavy atom. The number of pyridine rings is 1. The highest BCUT2D eigenvalue weighted by Gasteiger charge is 2.23. The van der Waals surface area contributed by atoms with Gasteiger partial charge in [0.15, 0.2) is 5.90 Å². The lowest BCUT2D eigenvalue weighted by atomic mass is 9.96. The summed E-state index contributed by atoms with van der Waals surface area (Å²) in [5.74, 6) is 1.59. The van der Waals surface area contributed by atoms with E-state index in [-0.39, 0.29) is 11.6 Å². The standard InChI is InChI=1S/C33H41ClN6O3/c1-3-39-13-9-23(10-14-39)21-40-31-25(20-35-33(38-31)37-26-11-16-42-17-12-26)18-28(32(40)41)27-8-7-24(19-29(27)34)30-6-4-5-15-43-22(2)36-30/h6-8,18-20,23,26H,3-5,9-17,21H2,1-2H3,(H,35,37,38). The Morgan fingerprint density at radius 1 is 1.07 bits per heavy atom. The molecule has 228 valence electrons. The minimum atomic E-state index is -0.0803. The van der Waals surface area contributed by atoms with Gasteiger partial charge in [-0.3, -0.25) is 9.36 Å². The third kappa shape index (κ3) is 6.95. The number of rotatable bonds is 7. The fraction of sp³-hybridized carbons (Fsp3) is 0.515. The summed E-state index contributed by atoms with van der Waals surface area (Å²) in [6.07, 6.45) is 9.68. The first kappa shape index (κ1) is 29.8. The molecule has 6 rings (SSSR count). The number of hydrogen-bond donors (Lipinski definition) is 1. The fourth-order valence-electron chi connectivity index (χ4n) is 6.22. The van der Waals surface area contributed by atoms with Gasteiger partial charge in [-0.15, -0.1) is 0 Å². The zero-order valence-corrected chi connectivity index (χ0v) is 25.9. The molecule has 3 aromatic rings. The van der Waals surface area contributed by atoms with Gasteiger partial charge in [0, 0.05) is 66.0 Å². The Hall–Kier alpha value is -3.27. The normalized spacial score (nSPS) is 19.3. The lowest BCUT2D eigenvalue weighted by Crippen LogP contribution is -2.36. The number of nitrogens with zero attached hydrogens (tertiary/aromatic N) is 5. The van der Waals surface area contributed by atoms with Crippen LogP contribution in [0.2, 0.25) is 5.02 Å². The molecule has 9 nitrogen and oxygen atoms in total. The van der Waals surface area contributed by atoms with Crippen LogP contribution in [-0.4, -0.2) is 70.8 Å². The summed E-state index contributed by atoms with van der Waals surface area (Å²) in [6, 6.07) is 7.95. The molecule has 0 radical (unpaired) electrons. The summed E-state index contributed by atoms with van der Waals surface area (Å²) < 4.78 is 13.0. The molecule has 0 unspecified atom stereocenters. The SMILES string of the molecule is CCN1CCC(Cn2c(=O)c(-c3ccc(C4=CCCCOC(C)=N4)cc3Cl)cc3cnc(NC4CCOCC4)nc32)CC1. The van der Waals surface area contributed by atoms with E-state index in [1.165, 1.54) is 0 Å². The zero-order valence-electron chi connectivity index (χ0n) is 25.1. The molecule has 0 bridgehead atoms. The van der Waals surface area contributed by atoms with E-state index in [9.17, 15) is 4.79 Å². The molecule has 1 aromatic carbocycles. The molecule has 0 spiro atoms. The largest absolute Gasteiger partial charge is 0.481 e. The van der Waals surface area contributed by atoms with Gasteiger partial charge in [-0.2, -0.15) is 4.98 Å². The van der Waals surface area contributed by atoms with Crippen molar-refractivity contribution in [2.75, 3.05) is 44.8 Å². The van der Waals surface area contributed by atoms with Gasteiger partial charge in [-0.05, 0) is 76.2 Å². The smallest absolute Gasteiger partial charge is 0.260 e. The second-order valence-electron chi connectivity index (χ2n) is 11.8. The second-order valence-corrected chi connectivity index (χ2v) is 12.2. The number of likely N-dealkylation sites (tertiary alicyclic amines) is 1. The maximum Gasteiger partial charge on any atom is 0.260 e. The molecule has 43 heavy (non-hydrogen) atoms. The van der Waals surface area contributed by atoms with Crippen molar-refractivity contribution in [2.45, 2.75) is 65.0 Å². The van der Waals surface area contributed by atoms with Crippen LogP contribution in [0.1, 0.15) is 57.9 Å².